The molecule has 0 aromatic carbocycles. The molecule has 0 rings (SSSR count). The van der Waals surface area contributed by atoms with Gasteiger partial charge in [-0.3, -0.25) is 0 Å². The molecule has 3 heteroatoms. The molecule has 1 unspecified atom stereocenters. The summed E-state index contributed by atoms with van der Waals surface area (Å²) < 4.78 is 0. The van der Waals surface area contributed by atoms with E-state index < -0.39 is 5.21 Å². The van der Waals surface area contributed by atoms with Crippen LogP contribution in [-0.4, -0.2) is 23.5 Å². The lowest BCUT2D eigenvalue weighted by molar-refractivity contribution is 0.292. The van der Waals surface area contributed by atoms with Crippen LogP contribution in [0.1, 0.15) is 40.5 Å². The average Bonchev–Trinajstić information content (AvgIpc) is 1.84. The fraction of sp³-hybridized carbons (Fsp3) is 1.00. The molecule has 0 aliphatic heterocycles. The molecule has 62 valence electrons. The van der Waals surface area contributed by atoms with Gasteiger partial charge in [0.1, 0.15) is 0 Å². The Morgan fingerprint density at radius 1 is 1.17 bits per heavy atom. The molecule has 0 bridgehead atoms. The number of hydrogen-bond acceptors (Lipinski definition) is 0. The Balaban J connectivity index is 4.34. The molecule has 0 spiro atoms. The third-order valence-corrected chi connectivity index (χ3v) is 2.41. The van der Waals surface area contributed by atoms with Crippen LogP contribution in [0.15, 0.2) is 0 Å². The van der Waals surface area contributed by atoms with Crippen LogP contribution >= 0.6 is 0 Å². The SMILES string of the molecule is [B]C(C([B])([B])C)C(C)(C)CCC. The Kier molecular flexibility index (Phi) is 4.00. The van der Waals surface area contributed by atoms with E-state index in [0.29, 0.717) is 0 Å². The molecule has 0 aromatic heterocycles. The van der Waals surface area contributed by atoms with E-state index in [4.69, 9.17) is 23.5 Å². The van der Waals surface area contributed by atoms with Gasteiger partial charge in [0, 0.05) is 0 Å². The van der Waals surface area contributed by atoms with Crippen molar-refractivity contribution in [3.05, 3.63) is 0 Å². The van der Waals surface area contributed by atoms with E-state index in [-0.39, 0.29) is 11.2 Å². The van der Waals surface area contributed by atoms with Gasteiger partial charge in [-0.2, -0.15) is 0 Å². The smallest absolute Gasteiger partial charge is 0.0694 e. The van der Waals surface area contributed by atoms with Crippen LogP contribution in [0.5, 0.6) is 0 Å². The summed E-state index contributed by atoms with van der Waals surface area (Å²) in [7, 11) is 17.5. The van der Waals surface area contributed by atoms with Gasteiger partial charge in [-0.15, -0.1) is 5.21 Å². The second kappa shape index (κ2) is 3.94. The van der Waals surface area contributed by atoms with E-state index in [2.05, 4.69) is 20.8 Å². The van der Waals surface area contributed by atoms with Crippen molar-refractivity contribution in [1.29, 1.82) is 0 Å². The fourth-order valence-corrected chi connectivity index (χ4v) is 1.64. The second-order valence-corrected chi connectivity index (χ2v) is 4.58. The zero-order valence-electron chi connectivity index (χ0n) is 8.72. The Bertz CT molecular complexity index is 135. The summed E-state index contributed by atoms with van der Waals surface area (Å²) in [5.41, 5.74) is 0.0208. The van der Waals surface area contributed by atoms with Crippen molar-refractivity contribution < 1.29 is 0 Å². The predicted molar refractivity (Wildman–Crippen MR) is 58.1 cm³/mol. The van der Waals surface area contributed by atoms with Crippen LogP contribution in [0, 0.1) is 5.41 Å². The van der Waals surface area contributed by atoms with Crippen molar-refractivity contribution in [2.75, 3.05) is 0 Å². The zero-order chi connectivity index (χ0) is 9.99. The molecule has 0 saturated carbocycles. The quantitative estimate of drug-likeness (QED) is 0.550. The van der Waals surface area contributed by atoms with Crippen LogP contribution in [0.25, 0.3) is 0 Å². The van der Waals surface area contributed by atoms with Gasteiger partial charge in [-0.25, -0.2) is 0 Å². The molecule has 0 fully saturated rings. The monoisotopic (exact) mass is 158 g/mol. The van der Waals surface area contributed by atoms with E-state index >= 15 is 0 Å². The first-order valence-corrected chi connectivity index (χ1v) is 4.55. The highest BCUT2D eigenvalue weighted by molar-refractivity contribution is 6.43. The van der Waals surface area contributed by atoms with Gasteiger partial charge in [0.15, 0.2) is 0 Å². The molecule has 12 heavy (non-hydrogen) atoms. The van der Waals surface area contributed by atoms with E-state index in [9.17, 15) is 0 Å². The van der Waals surface area contributed by atoms with Crippen molar-refractivity contribution in [1.82, 2.24) is 0 Å². The van der Waals surface area contributed by atoms with Crippen LogP contribution in [-0.2, 0) is 0 Å². The Morgan fingerprint density at radius 3 is 1.83 bits per heavy atom. The third-order valence-electron chi connectivity index (χ3n) is 2.41. The van der Waals surface area contributed by atoms with Gasteiger partial charge in [-0.05, 0) is 11.8 Å². The van der Waals surface area contributed by atoms with Gasteiger partial charge in [0.05, 0.1) is 23.5 Å². The lowest BCUT2D eigenvalue weighted by Crippen LogP contribution is -2.29. The van der Waals surface area contributed by atoms with Gasteiger partial charge in [0.2, 0.25) is 0 Å². The molecular weight excluding hydrogens is 141 g/mol. The molecular formula is C9H17B3. The summed E-state index contributed by atoms with van der Waals surface area (Å²) in [5, 5.41) is -0.779. The van der Waals surface area contributed by atoms with E-state index in [0.717, 1.165) is 12.8 Å². The first kappa shape index (κ1) is 12.2. The molecule has 0 heterocycles. The zero-order valence-corrected chi connectivity index (χ0v) is 8.72. The Labute approximate surface area is 81.1 Å². The Hall–Kier alpha value is 0.195. The van der Waals surface area contributed by atoms with Crippen LogP contribution < -0.4 is 0 Å². The van der Waals surface area contributed by atoms with Gasteiger partial charge in [-0.1, -0.05) is 39.9 Å². The average molecular weight is 158 g/mol. The first-order valence-electron chi connectivity index (χ1n) is 4.55. The van der Waals surface area contributed by atoms with Crippen molar-refractivity contribution in [2.45, 2.75) is 51.6 Å². The Morgan fingerprint density at radius 2 is 1.58 bits per heavy atom. The molecule has 6 radical (unpaired) electrons. The highest BCUT2D eigenvalue weighted by atomic mass is 14.3. The standard InChI is InChI=1S/C9H17B3/c1-5-6-8(2,3)7(10)9(4,11)12/h7H,5-6H2,1-4H3. The minimum Gasteiger partial charge on any atom is -0.106 e. The van der Waals surface area contributed by atoms with Crippen LogP contribution in [0.4, 0.5) is 0 Å². The normalized spacial score (nSPS) is 16.0. The minimum atomic E-state index is -0.779. The molecule has 1 atom stereocenters. The maximum atomic E-state index is 5.96. The minimum absolute atomic E-state index is 0.0208. The molecule has 0 saturated heterocycles. The lowest BCUT2D eigenvalue weighted by atomic mass is 9.39. The van der Waals surface area contributed by atoms with Crippen LogP contribution in [0.2, 0.25) is 11.0 Å². The third kappa shape index (κ3) is 3.29. The number of rotatable bonds is 4. The van der Waals surface area contributed by atoms with E-state index in [1.165, 1.54) is 0 Å². The lowest BCUT2D eigenvalue weighted by Gasteiger charge is -2.42. The largest absolute Gasteiger partial charge is 0.106 e. The highest BCUT2D eigenvalue weighted by Crippen LogP contribution is 2.46. The topological polar surface area (TPSA) is 0 Å². The summed E-state index contributed by atoms with van der Waals surface area (Å²) in [6, 6.07) is 0. The molecule has 0 aromatic rings. The van der Waals surface area contributed by atoms with Gasteiger partial charge < -0.3 is 0 Å². The van der Waals surface area contributed by atoms with Crippen molar-refractivity contribution in [3.8, 4) is 0 Å². The van der Waals surface area contributed by atoms with Gasteiger partial charge >= 0.3 is 0 Å². The molecule has 0 N–H and O–H groups in total. The van der Waals surface area contributed by atoms with E-state index in [1.54, 1.807) is 6.92 Å². The van der Waals surface area contributed by atoms with Crippen molar-refractivity contribution in [2.24, 2.45) is 5.41 Å². The molecule has 0 aliphatic rings. The summed E-state index contributed by atoms with van der Waals surface area (Å²) in [5.74, 6) is -0.162. The molecule has 0 amide bonds. The predicted octanol–water partition coefficient (Wildman–Crippen LogP) is 2.24. The van der Waals surface area contributed by atoms with Crippen LogP contribution in [0.3, 0.4) is 0 Å². The summed E-state index contributed by atoms with van der Waals surface area (Å²) in [6.07, 6.45) is 2.16. The molecule has 0 nitrogen and oxygen atoms in total. The first-order chi connectivity index (χ1) is 5.22. The van der Waals surface area contributed by atoms with Crippen molar-refractivity contribution in [3.63, 3.8) is 0 Å². The summed E-state index contributed by atoms with van der Waals surface area (Å²) in [6.45, 7) is 8.13. The number of hydrogen-bond donors (Lipinski definition) is 0. The summed E-state index contributed by atoms with van der Waals surface area (Å²) >= 11 is 0. The van der Waals surface area contributed by atoms with Gasteiger partial charge in [0.25, 0.3) is 0 Å². The maximum Gasteiger partial charge on any atom is 0.0694 e. The second-order valence-electron chi connectivity index (χ2n) is 4.58. The summed E-state index contributed by atoms with van der Waals surface area (Å²) in [4.78, 5) is 0. The molecule has 0 aliphatic carbocycles. The maximum absolute atomic E-state index is 5.96. The highest BCUT2D eigenvalue weighted by Gasteiger charge is 2.31. The van der Waals surface area contributed by atoms with Crippen molar-refractivity contribution >= 4 is 23.5 Å². The fourth-order valence-electron chi connectivity index (χ4n) is 1.64. The van der Waals surface area contributed by atoms with E-state index in [1.807, 2.05) is 0 Å².